The Bertz CT molecular complexity index is 538. The molecule has 104 valence electrons. The van der Waals surface area contributed by atoms with E-state index in [9.17, 15) is 5.11 Å². The number of nitrogens with zero attached hydrogens (tertiary/aromatic N) is 2. The van der Waals surface area contributed by atoms with Crippen molar-refractivity contribution in [2.75, 3.05) is 13.7 Å². The number of ether oxygens (including phenoxy) is 1. The highest BCUT2D eigenvalue weighted by Crippen LogP contribution is 2.32. The third-order valence-corrected chi connectivity index (χ3v) is 4.47. The molecular weight excluding hydrogens is 284 g/mol. The summed E-state index contributed by atoms with van der Waals surface area (Å²) < 4.78 is 6.73. The van der Waals surface area contributed by atoms with Crippen molar-refractivity contribution < 1.29 is 9.84 Å². The van der Waals surface area contributed by atoms with Crippen LogP contribution in [0, 0.1) is 0 Å². The van der Waals surface area contributed by atoms with Gasteiger partial charge in [-0.2, -0.15) is 5.10 Å². The summed E-state index contributed by atoms with van der Waals surface area (Å²) in [5.41, 5.74) is 0.628. The Hall–Kier alpha value is -0.880. The first kappa shape index (κ1) is 14.5. The van der Waals surface area contributed by atoms with Crippen LogP contribution in [0.25, 0.3) is 0 Å². The van der Waals surface area contributed by atoms with Gasteiger partial charge in [0.05, 0.1) is 30.1 Å². The molecular formula is C13H17ClN2O2S. The van der Waals surface area contributed by atoms with E-state index in [1.807, 2.05) is 12.1 Å². The minimum Gasteiger partial charge on any atom is -0.383 e. The van der Waals surface area contributed by atoms with Gasteiger partial charge in [-0.3, -0.25) is 4.68 Å². The zero-order chi connectivity index (χ0) is 13.8. The van der Waals surface area contributed by atoms with E-state index in [1.54, 1.807) is 29.3 Å². The second-order valence-electron chi connectivity index (χ2n) is 4.15. The summed E-state index contributed by atoms with van der Waals surface area (Å²) in [6, 6.07) is 3.98. The molecule has 0 amide bonds. The van der Waals surface area contributed by atoms with Gasteiger partial charge in [-0.05, 0) is 18.6 Å². The number of rotatable bonds is 6. The molecule has 0 fully saturated rings. The van der Waals surface area contributed by atoms with Crippen molar-refractivity contribution in [2.45, 2.75) is 26.0 Å². The van der Waals surface area contributed by atoms with Crippen molar-refractivity contribution in [1.82, 2.24) is 9.78 Å². The topological polar surface area (TPSA) is 47.3 Å². The van der Waals surface area contributed by atoms with E-state index in [-0.39, 0.29) is 0 Å². The van der Waals surface area contributed by atoms with Gasteiger partial charge in [0.25, 0.3) is 0 Å². The van der Waals surface area contributed by atoms with Crippen LogP contribution in [0.5, 0.6) is 0 Å². The Morgan fingerprint density at radius 1 is 1.53 bits per heavy atom. The molecule has 1 unspecified atom stereocenters. The molecule has 0 aliphatic heterocycles. The first-order valence-corrected chi connectivity index (χ1v) is 7.33. The molecule has 2 rings (SSSR count). The molecule has 0 radical (unpaired) electrons. The lowest BCUT2D eigenvalue weighted by molar-refractivity contribution is 0.172. The van der Waals surface area contributed by atoms with E-state index in [0.717, 1.165) is 11.3 Å². The highest BCUT2D eigenvalue weighted by Gasteiger charge is 2.21. The molecule has 4 nitrogen and oxygen atoms in total. The third-order valence-electron chi connectivity index (χ3n) is 2.90. The van der Waals surface area contributed by atoms with Crippen molar-refractivity contribution in [3.63, 3.8) is 0 Å². The highest BCUT2D eigenvalue weighted by atomic mass is 35.5. The summed E-state index contributed by atoms with van der Waals surface area (Å²) in [5.74, 6) is 0. The van der Waals surface area contributed by atoms with Crippen molar-refractivity contribution in [2.24, 2.45) is 0 Å². The van der Waals surface area contributed by atoms with E-state index in [0.29, 0.717) is 23.9 Å². The smallest absolute Gasteiger partial charge is 0.131 e. The van der Waals surface area contributed by atoms with Gasteiger partial charge in [-0.25, -0.2) is 0 Å². The summed E-state index contributed by atoms with van der Waals surface area (Å²) in [6.45, 7) is 3.20. The number of hydrogen-bond acceptors (Lipinski definition) is 4. The fourth-order valence-corrected chi connectivity index (χ4v) is 3.05. The average molecular weight is 301 g/mol. The SMILES string of the molecule is CCc1ccc(C(O)c2c(Cl)cnn2CCOC)s1. The zero-order valence-corrected chi connectivity index (χ0v) is 12.5. The summed E-state index contributed by atoms with van der Waals surface area (Å²) in [5, 5.41) is 15.1. The average Bonchev–Trinajstić information content (AvgIpc) is 3.02. The van der Waals surface area contributed by atoms with Crippen LogP contribution in [0.4, 0.5) is 0 Å². The van der Waals surface area contributed by atoms with Crippen LogP contribution < -0.4 is 0 Å². The molecule has 6 heteroatoms. The van der Waals surface area contributed by atoms with Crippen molar-refractivity contribution in [3.8, 4) is 0 Å². The fraction of sp³-hybridized carbons (Fsp3) is 0.462. The highest BCUT2D eigenvalue weighted by molar-refractivity contribution is 7.12. The van der Waals surface area contributed by atoms with Crippen molar-refractivity contribution in [3.05, 3.63) is 38.8 Å². The van der Waals surface area contributed by atoms with Crippen LogP contribution in [0.3, 0.4) is 0 Å². The maximum Gasteiger partial charge on any atom is 0.131 e. The molecule has 0 bridgehead atoms. The molecule has 1 atom stereocenters. The molecule has 2 heterocycles. The van der Waals surface area contributed by atoms with E-state index in [1.165, 1.54) is 4.88 Å². The standard InChI is InChI=1S/C13H17ClN2O2S/c1-3-9-4-5-11(19-9)13(17)12-10(14)8-15-16(12)6-7-18-2/h4-5,8,13,17H,3,6-7H2,1-2H3. The number of hydrogen-bond donors (Lipinski definition) is 1. The Labute approximate surface area is 121 Å². The molecule has 0 saturated carbocycles. The van der Waals surface area contributed by atoms with Gasteiger partial charge in [-0.1, -0.05) is 18.5 Å². The molecule has 2 aromatic heterocycles. The van der Waals surface area contributed by atoms with Crippen LogP contribution in [0.1, 0.15) is 28.5 Å². The molecule has 1 N–H and O–H groups in total. The zero-order valence-electron chi connectivity index (χ0n) is 11.0. The van der Waals surface area contributed by atoms with Crippen LogP contribution in [-0.2, 0) is 17.7 Å². The monoisotopic (exact) mass is 300 g/mol. The molecule has 0 saturated heterocycles. The summed E-state index contributed by atoms with van der Waals surface area (Å²) >= 11 is 7.73. The predicted molar refractivity (Wildman–Crippen MR) is 76.9 cm³/mol. The summed E-state index contributed by atoms with van der Waals surface area (Å²) in [6.07, 6.45) is 1.79. The maximum atomic E-state index is 10.5. The largest absolute Gasteiger partial charge is 0.383 e. The number of thiophene rings is 1. The summed E-state index contributed by atoms with van der Waals surface area (Å²) in [7, 11) is 1.63. The summed E-state index contributed by atoms with van der Waals surface area (Å²) in [4.78, 5) is 2.13. The Morgan fingerprint density at radius 3 is 2.95 bits per heavy atom. The lowest BCUT2D eigenvalue weighted by Crippen LogP contribution is -2.13. The second-order valence-corrected chi connectivity index (χ2v) is 5.76. The lowest BCUT2D eigenvalue weighted by atomic mass is 10.2. The minimum atomic E-state index is -0.739. The van der Waals surface area contributed by atoms with Gasteiger partial charge in [0.1, 0.15) is 6.10 Å². The second kappa shape index (κ2) is 6.52. The number of aliphatic hydroxyl groups is 1. The molecule has 0 aliphatic rings. The van der Waals surface area contributed by atoms with E-state index >= 15 is 0 Å². The first-order valence-electron chi connectivity index (χ1n) is 6.14. The van der Waals surface area contributed by atoms with Crippen LogP contribution in [-0.4, -0.2) is 28.6 Å². The van der Waals surface area contributed by atoms with Gasteiger partial charge < -0.3 is 9.84 Å². The van der Waals surface area contributed by atoms with Crippen molar-refractivity contribution >= 4 is 22.9 Å². The maximum absolute atomic E-state index is 10.5. The van der Waals surface area contributed by atoms with Gasteiger partial charge in [0, 0.05) is 16.9 Å². The van der Waals surface area contributed by atoms with Gasteiger partial charge in [-0.15, -0.1) is 11.3 Å². The lowest BCUT2D eigenvalue weighted by Gasteiger charge is -2.12. The first-order chi connectivity index (χ1) is 9.17. The Kier molecular flexibility index (Phi) is 4.99. The van der Waals surface area contributed by atoms with Crippen LogP contribution in [0.15, 0.2) is 18.3 Å². The number of aryl methyl sites for hydroxylation is 1. The number of aromatic nitrogens is 2. The predicted octanol–water partition coefficient (Wildman–Crippen LogP) is 2.89. The van der Waals surface area contributed by atoms with Crippen LogP contribution in [0.2, 0.25) is 5.02 Å². The third kappa shape index (κ3) is 3.17. The van der Waals surface area contributed by atoms with E-state index in [2.05, 4.69) is 12.0 Å². The van der Waals surface area contributed by atoms with Crippen LogP contribution >= 0.6 is 22.9 Å². The fourth-order valence-electron chi connectivity index (χ4n) is 1.87. The molecule has 2 aromatic rings. The van der Waals surface area contributed by atoms with Gasteiger partial charge in [0.2, 0.25) is 0 Å². The van der Waals surface area contributed by atoms with Gasteiger partial charge >= 0.3 is 0 Å². The molecule has 0 spiro atoms. The quantitative estimate of drug-likeness (QED) is 0.892. The number of aliphatic hydroxyl groups excluding tert-OH is 1. The number of methoxy groups -OCH3 is 1. The number of halogens is 1. The van der Waals surface area contributed by atoms with Crippen molar-refractivity contribution in [1.29, 1.82) is 0 Å². The molecule has 19 heavy (non-hydrogen) atoms. The van der Waals surface area contributed by atoms with Gasteiger partial charge in [0.15, 0.2) is 0 Å². The Balaban J connectivity index is 2.26. The normalized spacial score (nSPS) is 12.8. The molecule has 0 aromatic carbocycles. The Morgan fingerprint density at radius 2 is 2.32 bits per heavy atom. The molecule has 0 aliphatic carbocycles. The van der Waals surface area contributed by atoms with E-state index < -0.39 is 6.10 Å². The minimum absolute atomic E-state index is 0.482. The van der Waals surface area contributed by atoms with E-state index in [4.69, 9.17) is 16.3 Å².